The lowest BCUT2D eigenvalue weighted by Crippen LogP contribution is -2.00. The van der Waals surface area contributed by atoms with Gasteiger partial charge in [0.25, 0.3) is 0 Å². The fourth-order valence-electron chi connectivity index (χ4n) is 2.82. The molecule has 0 bridgehead atoms. The summed E-state index contributed by atoms with van der Waals surface area (Å²) in [6.07, 6.45) is 0. The molecule has 0 saturated heterocycles. The van der Waals surface area contributed by atoms with Crippen LogP contribution >= 0.6 is 11.6 Å². The van der Waals surface area contributed by atoms with Gasteiger partial charge in [0.1, 0.15) is 17.5 Å². The van der Waals surface area contributed by atoms with Gasteiger partial charge in [-0.2, -0.15) is 5.26 Å². The van der Waals surface area contributed by atoms with Crippen molar-refractivity contribution < 1.29 is 0 Å². The molecule has 3 aromatic rings. The van der Waals surface area contributed by atoms with Crippen LogP contribution in [0.15, 0.2) is 48.5 Å². The first-order valence-corrected chi connectivity index (χ1v) is 7.92. The predicted octanol–water partition coefficient (Wildman–Crippen LogP) is 5.14. The lowest BCUT2D eigenvalue weighted by atomic mass is 9.94. The molecule has 0 spiro atoms. The smallest absolute Gasteiger partial charge is 0.142 e. The molecule has 3 rings (SSSR count). The van der Waals surface area contributed by atoms with Gasteiger partial charge in [-0.25, -0.2) is 4.98 Å². The van der Waals surface area contributed by atoms with Gasteiger partial charge in [0.05, 0.1) is 5.69 Å². The SMILES string of the molecule is Cc1ccc(-c2cc(-c3ccccc3Cl)nc(N)c2C#N)c(C)c1. The Bertz CT molecular complexity index is 971. The molecular weight excluding hydrogens is 318 g/mol. The van der Waals surface area contributed by atoms with Crippen LogP contribution in [0.5, 0.6) is 0 Å². The van der Waals surface area contributed by atoms with Crippen LogP contribution < -0.4 is 5.73 Å². The quantitative estimate of drug-likeness (QED) is 0.706. The molecule has 1 aromatic heterocycles. The maximum atomic E-state index is 9.53. The summed E-state index contributed by atoms with van der Waals surface area (Å²) in [6, 6.07) is 17.6. The molecule has 1 heterocycles. The van der Waals surface area contributed by atoms with Crippen molar-refractivity contribution >= 4 is 17.4 Å². The van der Waals surface area contributed by atoms with Gasteiger partial charge in [0.15, 0.2) is 0 Å². The van der Waals surface area contributed by atoms with Crippen LogP contribution in [0.3, 0.4) is 0 Å². The van der Waals surface area contributed by atoms with Crippen molar-refractivity contribution in [2.75, 3.05) is 5.73 Å². The van der Waals surface area contributed by atoms with Crippen molar-refractivity contribution in [3.05, 3.63) is 70.2 Å². The number of aromatic nitrogens is 1. The van der Waals surface area contributed by atoms with Crippen molar-refractivity contribution in [3.63, 3.8) is 0 Å². The number of rotatable bonds is 2. The van der Waals surface area contributed by atoms with E-state index in [9.17, 15) is 5.26 Å². The zero-order valence-corrected chi connectivity index (χ0v) is 14.2. The molecule has 0 saturated carbocycles. The maximum absolute atomic E-state index is 9.53. The third-order valence-electron chi connectivity index (χ3n) is 3.98. The van der Waals surface area contributed by atoms with Crippen LogP contribution in [0.1, 0.15) is 16.7 Å². The molecule has 0 aliphatic carbocycles. The highest BCUT2D eigenvalue weighted by molar-refractivity contribution is 6.33. The summed E-state index contributed by atoms with van der Waals surface area (Å²) in [7, 11) is 0. The minimum Gasteiger partial charge on any atom is -0.383 e. The van der Waals surface area contributed by atoms with Gasteiger partial charge in [-0.05, 0) is 37.1 Å². The molecule has 2 N–H and O–H groups in total. The summed E-state index contributed by atoms with van der Waals surface area (Å²) >= 11 is 6.29. The van der Waals surface area contributed by atoms with E-state index < -0.39 is 0 Å². The highest BCUT2D eigenvalue weighted by atomic mass is 35.5. The lowest BCUT2D eigenvalue weighted by Gasteiger charge is -2.13. The van der Waals surface area contributed by atoms with Crippen LogP contribution in [0.25, 0.3) is 22.4 Å². The summed E-state index contributed by atoms with van der Waals surface area (Å²) < 4.78 is 0. The van der Waals surface area contributed by atoms with Crippen molar-refractivity contribution in [3.8, 4) is 28.5 Å². The summed E-state index contributed by atoms with van der Waals surface area (Å²) in [5, 5.41) is 10.1. The number of nitrogens with zero attached hydrogens (tertiary/aromatic N) is 2. The van der Waals surface area contributed by atoms with Crippen molar-refractivity contribution in [1.82, 2.24) is 4.98 Å². The first-order valence-electron chi connectivity index (χ1n) is 7.54. The fraction of sp³-hybridized carbons (Fsp3) is 0.100. The van der Waals surface area contributed by atoms with Crippen LogP contribution in [-0.2, 0) is 0 Å². The maximum Gasteiger partial charge on any atom is 0.142 e. The average molecular weight is 334 g/mol. The van der Waals surface area contributed by atoms with Crippen molar-refractivity contribution in [2.45, 2.75) is 13.8 Å². The van der Waals surface area contributed by atoms with Gasteiger partial charge in [0.2, 0.25) is 0 Å². The topological polar surface area (TPSA) is 62.7 Å². The Balaban J connectivity index is 2.29. The number of pyridine rings is 1. The van der Waals surface area contributed by atoms with Crippen LogP contribution in [0.2, 0.25) is 5.02 Å². The first kappa shape index (κ1) is 16.0. The average Bonchev–Trinajstić information content (AvgIpc) is 2.54. The fourth-order valence-corrected chi connectivity index (χ4v) is 3.05. The number of benzene rings is 2. The number of anilines is 1. The molecule has 0 aliphatic rings. The Labute approximate surface area is 146 Å². The van der Waals surface area contributed by atoms with E-state index in [4.69, 9.17) is 17.3 Å². The molecule has 24 heavy (non-hydrogen) atoms. The Morgan fingerprint density at radius 2 is 1.75 bits per heavy atom. The Kier molecular flexibility index (Phi) is 4.24. The van der Waals surface area contributed by atoms with Gasteiger partial charge in [-0.15, -0.1) is 0 Å². The molecule has 0 atom stereocenters. The minimum atomic E-state index is 0.213. The predicted molar refractivity (Wildman–Crippen MR) is 98.7 cm³/mol. The molecule has 4 heteroatoms. The molecular formula is C20H16ClN3. The molecule has 0 unspecified atom stereocenters. The summed E-state index contributed by atoms with van der Waals surface area (Å²) in [5.74, 6) is 0.213. The monoisotopic (exact) mass is 333 g/mol. The summed E-state index contributed by atoms with van der Waals surface area (Å²) in [4.78, 5) is 4.38. The van der Waals surface area contributed by atoms with Crippen LogP contribution in [0.4, 0.5) is 5.82 Å². The van der Waals surface area contributed by atoms with E-state index in [0.717, 1.165) is 22.3 Å². The van der Waals surface area contributed by atoms with E-state index in [1.165, 1.54) is 5.56 Å². The molecule has 118 valence electrons. The third-order valence-corrected chi connectivity index (χ3v) is 4.31. The van der Waals surface area contributed by atoms with Gasteiger partial charge in [-0.1, -0.05) is 53.6 Å². The normalized spacial score (nSPS) is 10.4. The largest absolute Gasteiger partial charge is 0.383 e. The molecule has 0 amide bonds. The molecule has 0 aliphatic heterocycles. The van der Waals surface area contributed by atoms with Crippen molar-refractivity contribution in [2.24, 2.45) is 0 Å². The molecule has 2 aromatic carbocycles. The number of nitrogen functional groups attached to an aromatic ring is 1. The number of aryl methyl sites for hydroxylation is 2. The molecule has 0 radical (unpaired) electrons. The number of nitrogens with two attached hydrogens (primary N) is 1. The van der Waals surface area contributed by atoms with E-state index in [-0.39, 0.29) is 5.82 Å². The molecule has 0 fully saturated rings. The second kappa shape index (κ2) is 6.35. The summed E-state index contributed by atoms with van der Waals surface area (Å²) in [6.45, 7) is 4.06. The summed E-state index contributed by atoms with van der Waals surface area (Å²) in [5.41, 5.74) is 11.9. The zero-order valence-electron chi connectivity index (χ0n) is 13.5. The highest BCUT2D eigenvalue weighted by Gasteiger charge is 2.16. The van der Waals surface area contributed by atoms with E-state index in [1.807, 2.05) is 56.3 Å². The van der Waals surface area contributed by atoms with E-state index >= 15 is 0 Å². The standard InChI is InChI=1S/C20H16ClN3/c1-12-7-8-14(13(2)9-12)16-10-19(24-20(23)17(16)11-22)15-5-3-4-6-18(15)21/h3-10H,1-2H3,(H2,23,24). The van der Waals surface area contributed by atoms with E-state index in [2.05, 4.69) is 17.1 Å². The number of halogens is 1. The van der Waals surface area contributed by atoms with Gasteiger partial charge >= 0.3 is 0 Å². The second-order valence-corrected chi connectivity index (χ2v) is 6.13. The van der Waals surface area contributed by atoms with Crippen LogP contribution in [0, 0.1) is 25.2 Å². The second-order valence-electron chi connectivity index (χ2n) is 5.73. The number of hydrogen-bond donors (Lipinski definition) is 1. The molecule has 3 nitrogen and oxygen atoms in total. The van der Waals surface area contributed by atoms with Gasteiger partial charge < -0.3 is 5.73 Å². The lowest BCUT2D eigenvalue weighted by molar-refractivity contribution is 1.30. The van der Waals surface area contributed by atoms with E-state index in [1.54, 1.807) is 0 Å². The number of nitriles is 1. The highest BCUT2D eigenvalue weighted by Crippen LogP contribution is 2.35. The van der Waals surface area contributed by atoms with Gasteiger partial charge in [0, 0.05) is 16.1 Å². The Hall–Kier alpha value is -2.83. The first-order chi connectivity index (χ1) is 11.5. The van der Waals surface area contributed by atoms with Gasteiger partial charge in [-0.3, -0.25) is 0 Å². The Morgan fingerprint density at radius 1 is 1.00 bits per heavy atom. The van der Waals surface area contributed by atoms with E-state index in [0.29, 0.717) is 16.3 Å². The Morgan fingerprint density at radius 3 is 2.42 bits per heavy atom. The number of hydrogen-bond acceptors (Lipinski definition) is 3. The van der Waals surface area contributed by atoms with Crippen LogP contribution in [-0.4, -0.2) is 4.98 Å². The third kappa shape index (κ3) is 2.84. The zero-order chi connectivity index (χ0) is 17.3. The van der Waals surface area contributed by atoms with Crippen molar-refractivity contribution in [1.29, 1.82) is 5.26 Å². The minimum absolute atomic E-state index is 0.213.